The van der Waals surface area contributed by atoms with Crippen molar-refractivity contribution in [2.45, 2.75) is 39.0 Å². The summed E-state index contributed by atoms with van der Waals surface area (Å²) in [5.41, 5.74) is 1.67. The normalized spacial score (nSPS) is 12.4. The van der Waals surface area contributed by atoms with Crippen LogP contribution in [0.25, 0.3) is 10.9 Å². The second-order valence-electron chi connectivity index (χ2n) is 5.58. The molecule has 3 rings (SSSR count). The maximum Gasteiger partial charge on any atom is 0.232 e. The summed E-state index contributed by atoms with van der Waals surface area (Å²) in [7, 11) is 0. The van der Waals surface area contributed by atoms with Crippen LogP contribution in [0, 0.1) is 0 Å². The quantitative estimate of drug-likeness (QED) is 0.725. The van der Waals surface area contributed by atoms with Gasteiger partial charge in [-0.3, -0.25) is 9.89 Å². The second-order valence-corrected chi connectivity index (χ2v) is 6.59. The Morgan fingerprint density at radius 1 is 1.35 bits per heavy atom. The monoisotopic (exact) mass is 329 g/mol. The Hall–Kier alpha value is -2.28. The van der Waals surface area contributed by atoms with Crippen molar-refractivity contribution in [2.75, 3.05) is 5.32 Å². The van der Waals surface area contributed by atoms with Crippen molar-refractivity contribution in [3.63, 3.8) is 0 Å². The van der Waals surface area contributed by atoms with E-state index in [0.29, 0.717) is 11.0 Å². The molecule has 0 radical (unpaired) electrons. The zero-order chi connectivity index (χ0) is 16.2. The number of hydrogen-bond donors (Lipinski definition) is 2. The van der Waals surface area contributed by atoms with Crippen molar-refractivity contribution in [3.8, 4) is 0 Å². The third-order valence-electron chi connectivity index (χ3n) is 3.71. The zero-order valence-corrected chi connectivity index (χ0v) is 14.0. The minimum Gasteiger partial charge on any atom is -0.300 e. The number of benzene rings is 1. The first-order chi connectivity index (χ1) is 11.2. The Labute approximate surface area is 138 Å². The van der Waals surface area contributed by atoms with Crippen molar-refractivity contribution in [1.29, 1.82) is 0 Å². The lowest BCUT2D eigenvalue weighted by Gasteiger charge is -2.03. The zero-order valence-electron chi connectivity index (χ0n) is 13.2. The molecule has 1 aromatic carbocycles. The summed E-state index contributed by atoms with van der Waals surface area (Å²) in [6.45, 7) is 4.28. The Bertz CT molecular complexity index is 810. The first-order valence-electron chi connectivity index (χ1n) is 7.72. The molecule has 0 saturated heterocycles. The van der Waals surface area contributed by atoms with Crippen LogP contribution in [0.1, 0.15) is 43.3 Å². The highest BCUT2D eigenvalue weighted by atomic mass is 32.1. The van der Waals surface area contributed by atoms with Gasteiger partial charge in [0.25, 0.3) is 0 Å². The predicted molar refractivity (Wildman–Crippen MR) is 91.7 cm³/mol. The lowest BCUT2D eigenvalue weighted by Crippen LogP contribution is -2.14. The molecule has 2 N–H and O–H groups in total. The molecule has 0 aliphatic carbocycles. The molecule has 7 heteroatoms. The van der Waals surface area contributed by atoms with E-state index in [9.17, 15) is 4.79 Å². The summed E-state index contributed by atoms with van der Waals surface area (Å²) in [6, 6.07) is 7.73. The number of fused-ring (bicyclic) bond motifs is 1. The Balaban J connectivity index is 1.65. The summed E-state index contributed by atoms with van der Waals surface area (Å²) in [4.78, 5) is 12.2. The number of aromatic amines is 1. The highest BCUT2D eigenvalue weighted by Crippen LogP contribution is 2.26. The summed E-state index contributed by atoms with van der Waals surface area (Å²) in [6.07, 6.45) is 2.41. The van der Waals surface area contributed by atoms with Crippen molar-refractivity contribution >= 4 is 33.3 Å². The van der Waals surface area contributed by atoms with Crippen LogP contribution < -0.4 is 5.32 Å². The van der Waals surface area contributed by atoms with Gasteiger partial charge in [0, 0.05) is 11.3 Å². The summed E-state index contributed by atoms with van der Waals surface area (Å²) < 4.78 is 0. The smallest absolute Gasteiger partial charge is 0.232 e. The number of carbonyl (C=O) groups is 1. The lowest BCUT2D eigenvalue weighted by molar-refractivity contribution is -0.115. The highest BCUT2D eigenvalue weighted by molar-refractivity contribution is 7.15. The standard InChI is InChI=1S/C16H19N5OS/c1-3-6-10(2)15-20-21-16(23-15)17-14(22)9-13-11-7-4-5-8-12(11)18-19-13/h4-5,7-8,10H,3,6,9H2,1-2H3,(H,18,19)(H,17,21,22)/t10-/m1/s1. The average Bonchev–Trinajstić information content (AvgIpc) is 3.15. The van der Waals surface area contributed by atoms with E-state index >= 15 is 0 Å². The van der Waals surface area contributed by atoms with E-state index in [4.69, 9.17) is 0 Å². The van der Waals surface area contributed by atoms with Gasteiger partial charge in [-0.1, -0.05) is 49.8 Å². The average molecular weight is 329 g/mol. The molecule has 0 unspecified atom stereocenters. The molecule has 0 fully saturated rings. The second kappa shape index (κ2) is 6.87. The van der Waals surface area contributed by atoms with E-state index in [0.717, 1.165) is 34.4 Å². The van der Waals surface area contributed by atoms with Crippen LogP contribution in [0.2, 0.25) is 0 Å². The SMILES string of the molecule is CCC[C@@H](C)c1nnc(NC(=O)Cc2[nH]nc3ccccc23)s1. The van der Waals surface area contributed by atoms with E-state index in [-0.39, 0.29) is 12.3 Å². The van der Waals surface area contributed by atoms with E-state index in [1.54, 1.807) is 0 Å². The van der Waals surface area contributed by atoms with Crippen molar-refractivity contribution < 1.29 is 4.79 Å². The van der Waals surface area contributed by atoms with Gasteiger partial charge in [0.15, 0.2) is 0 Å². The maximum absolute atomic E-state index is 12.2. The van der Waals surface area contributed by atoms with Gasteiger partial charge in [-0.2, -0.15) is 5.10 Å². The molecular weight excluding hydrogens is 310 g/mol. The molecule has 0 saturated carbocycles. The van der Waals surface area contributed by atoms with E-state index in [1.807, 2.05) is 24.3 Å². The van der Waals surface area contributed by atoms with E-state index in [2.05, 4.69) is 39.6 Å². The Kier molecular flexibility index (Phi) is 4.66. The van der Waals surface area contributed by atoms with Crippen LogP contribution >= 0.6 is 11.3 Å². The van der Waals surface area contributed by atoms with Gasteiger partial charge >= 0.3 is 0 Å². The Morgan fingerprint density at radius 3 is 3.00 bits per heavy atom. The van der Waals surface area contributed by atoms with Crippen LogP contribution in [0.3, 0.4) is 0 Å². The van der Waals surface area contributed by atoms with Crippen molar-refractivity contribution in [3.05, 3.63) is 35.0 Å². The number of carbonyl (C=O) groups excluding carboxylic acids is 1. The molecule has 1 amide bonds. The number of aromatic nitrogens is 4. The minimum atomic E-state index is -0.120. The number of hydrogen-bond acceptors (Lipinski definition) is 5. The molecule has 0 aliphatic heterocycles. The van der Waals surface area contributed by atoms with Crippen LogP contribution in [0.5, 0.6) is 0 Å². The molecule has 6 nitrogen and oxygen atoms in total. The topological polar surface area (TPSA) is 83.6 Å². The molecule has 3 aromatic rings. The largest absolute Gasteiger partial charge is 0.300 e. The molecule has 120 valence electrons. The van der Waals surface area contributed by atoms with Crippen LogP contribution in [-0.4, -0.2) is 26.3 Å². The lowest BCUT2D eigenvalue weighted by atomic mass is 10.1. The highest BCUT2D eigenvalue weighted by Gasteiger charge is 2.14. The molecule has 2 aromatic heterocycles. The van der Waals surface area contributed by atoms with Gasteiger partial charge in [0.1, 0.15) is 5.01 Å². The van der Waals surface area contributed by atoms with Gasteiger partial charge in [-0.05, 0) is 12.5 Å². The molecule has 0 bridgehead atoms. The van der Waals surface area contributed by atoms with E-state index < -0.39 is 0 Å². The van der Waals surface area contributed by atoms with Gasteiger partial charge in [0.05, 0.1) is 17.6 Å². The molecular formula is C16H19N5OS. The maximum atomic E-state index is 12.2. The molecule has 1 atom stereocenters. The fraction of sp³-hybridized carbons (Fsp3) is 0.375. The van der Waals surface area contributed by atoms with Gasteiger partial charge < -0.3 is 5.32 Å². The number of H-pyrrole nitrogens is 1. The number of amides is 1. The fourth-order valence-electron chi connectivity index (χ4n) is 2.51. The first-order valence-corrected chi connectivity index (χ1v) is 8.54. The summed E-state index contributed by atoms with van der Waals surface area (Å²) in [5.74, 6) is 0.255. The van der Waals surface area contributed by atoms with E-state index in [1.165, 1.54) is 11.3 Å². The molecule has 23 heavy (non-hydrogen) atoms. The Morgan fingerprint density at radius 2 is 2.17 bits per heavy atom. The van der Waals surface area contributed by atoms with Gasteiger partial charge in [-0.25, -0.2) is 0 Å². The van der Waals surface area contributed by atoms with Crippen LogP contribution in [0.15, 0.2) is 24.3 Å². The fourth-order valence-corrected chi connectivity index (χ4v) is 3.36. The van der Waals surface area contributed by atoms with Crippen LogP contribution in [0.4, 0.5) is 5.13 Å². The number of anilines is 1. The molecule has 0 spiro atoms. The summed E-state index contributed by atoms with van der Waals surface area (Å²) in [5, 5.41) is 20.7. The number of rotatable bonds is 6. The summed E-state index contributed by atoms with van der Waals surface area (Å²) >= 11 is 1.45. The van der Waals surface area contributed by atoms with Crippen molar-refractivity contribution in [1.82, 2.24) is 20.4 Å². The molecule has 0 aliphatic rings. The van der Waals surface area contributed by atoms with Crippen LogP contribution in [-0.2, 0) is 11.2 Å². The number of nitrogens with zero attached hydrogens (tertiary/aromatic N) is 3. The third kappa shape index (κ3) is 3.56. The molecule has 2 heterocycles. The predicted octanol–water partition coefficient (Wildman–Crippen LogP) is 3.50. The number of para-hydroxylation sites is 1. The number of nitrogens with one attached hydrogen (secondary N) is 2. The van der Waals surface area contributed by atoms with Crippen molar-refractivity contribution in [2.24, 2.45) is 0 Å². The first kappa shape index (κ1) is 15.6. The van der Waals surface area contributed by atoms with Gasteiger partial charge in [0.2, 0.25) is 11.0 Å². The van der Waals surface area contributed by atoms with Gasteiger partial charge in [-0.15, -0.1) is 10.2 Å². The third-order valence-corrected chi connectivity index (χ3v) is 4.78. The minimum absolute atomic E-state index is 0.120.